The van der Waals surface area contributed by atoms with Crippen LogP contribution in [0.5, 0.6) is 0 Å². The molecule has 4 heteroatoms. The summed E-state index contributed by atoms with van der Waals surface area (Å²) in [6.07, 6.45) is 4.64. The largest absolute Gasteiger partial charge is 0.512 e. The Kier molecular flexibility index (Phi) is 5.19. The first kappa shape index (κ1) is 18.0. The topological polar surface area (TPSA) is 69.9 Å². The zero-order valence-corrected chi connectivity index (χ0v) is 14.4. The van der Waals surface area contributed by atoms with Crippen molar-refractivity contribution in [3.05, 3.63) is 47.3 Å². The molecule has 0 aromatic rings. The molecule has 2 unspecified atom stereocenters. The first-order valence-electron chi connectivity index (χ1n) is 8.02. The van der Waals surface area contributed by atoms with Crippen LogP contribution in [0.15, 0.2) is 47.3 Å². The zero-order chi connectivity index (χ0) is 17.4. The van der Waals surface area contributed by atoms with Crippen LogP contribution < -0.4 is 0 Å². The van der Waals surface area contributed by atoms with Crippen LogP contribution in [0.3, 0.4) is 0 Å². The minimum atomic E-state index is -0.845. The van der Waals surface area contributed by atoms with E-state index in [9.17, 15) is 15.3 Å². The molecule has 0 aromatic heterocycles. The molecule has 0 aliphatic heterocycles. The van der Waals surface area contributed by atoms with Gasteiger partial charge in [-0.1, -0.05) is 18.2 Å². The maximum Gasteiger partial charge on any atom is 0.102 e. The Morgan fingerprint density at radius 3 is 2.57 bits per heavy atom. The Hall–Kier alpha value is -1.36. The number of allylic oxidation sites excluding steroid dienone is 2. The van der Waals surface area contributed by atoms with Gasteiger partial charge in [-0.25, -0.2) is 0 Å². The van der Waals surface area contributed by atoms with E-state index in [4.69, 9.17) is 4.74 Å². The molecule has 0 heterocycles. The Morgan fingerprint density at radius 1 is 1.39 bits per heavy atom. The molecule has 23 heavy (non-hydrogen) atoms. The molecule has 0 bridgehead atoms. The van der Waals surface area contributed by atoms with Crippen molar-refractivity contribution >= 4 is 0 Å². The molecule has 5 atom stereocenters. The van der Waals surface area contributed by atoms with E-state index in [1.807, 2.05) is 26.8 Å². The fourth-order valence-electron chi connectivity index (χ4n) is 3.71. The van der Waals surface area contributed by atoms with Gasteiger partial charge in [-0.2, -0.15) is 0 Å². The van der Waals surface area contributed by atoms with Crippen LogP contribution in [0, 0.1) is 17.3 Å². The van der Waals surface area contributed by atoms with Gasteiger partial charge in [0.25, 0.3) is 0 Å². The maximum absolute atomic E-state index is 10.7. The second-order valence-corrected chi connectivity index (χ2v) is 7.07. The third-order valence-electron chi connectivity index (χ3n) is 5.38. The van der Waals surface area contributed by atoms with Gasteiger partial charge in [0.2, 0.25) is 0 Å². The lowest BCUT2D eigenvalue weighted by molar-refractivity contribution is 0.00564. The Labute approximate surface area is 138 Å². The number of hydrogen-bond acceptors (Lipinski definition) is 4. The first-order chi connectivity index (χ1) is 10.7. The monoisotopic (exact) mass is 320 g/mol. The molecule has 0 spiro atoms. The Bertz CT molecular complexity index is 572. The normalized spacial score (nSPS) is 37.7. The molecule has 0 radical (unpaired) electrons. The summed E-state index contributed by atoms with van der Waals surface area (Å²) in [6, 6.07) is 0. The molecule has 0 saturated carbocycles. The highest BCUT2D eigenvalue weighted by Crippen LogP contribution is 2.50. The van der Waals surface area contributed by atoms with E-state index in [0.29, 0.717) is 13.0 Å². The van der Waals surface area contributed by atoms with Gasteiger partial charge in [-0.15, -0.1) is 0 Å². The highest BCUT2D eigenvalue weighted by atomic mass is 16.5. The number of methoxy groups -OCH3 is 1. The SMILES string of the molecule is C=C(C)[C@@H]1C[C@H](O)C(C)=C[C@H]1C1(C)C(O)=CC(COC)=CC1O. The van der Waals surface area contributed by atoms with Crippen molar-refractivity contribution < 1.29 is 20.1 Å². The lowest BCUT2D eigenvalue weighted by Crippen LogP contribution is -2.46. The van der Waals surface area contributed by atoms with Crippen molar-refractivity contribution in [1.82, 2.24) is 0 Å². The Balaban J connectivity index is 2.45. The molecule has 0 amide bonds. The minimum Gasteiger partial charge on any atom is -0.512 e. The third-order valence-corrected chi connectivity index (χ3v) is 5.38. The van der Waals surface area contributed by atoms with E-state index in [2.05, 4.69) is 6.58 Å². The number of aliphatic hydroxyl groups excluding tert-OH is 3. The van der Waals surface area contributed by atoms with Crippen LogP contribution >= 0.6 is 0 Å². The molecule has 2 aliphatic rings. The fraction of sp³-hybridized carbons (Fsp3) is 0.579. The van der Waals surface area contributed by atoms with Crippen molar-refractivity contribution in [2.24, 2.45) is 17.3 Å². The summed E-state index contributed by atoms with van der Waals surface area (Å²) in [5, 5.41) is 31.6. The molecule has 2 aliphatic carbocycles. The lowest BCUT2D eigenvalue weighted by atomic mass is 9.59. The van der Waals surface area contributed by atoms with Crippen LogP contribution in [0.4, 0.5) is 0 Å². The third kappa shape index (κ3) is 3.16. The van der Waals surface area contributed by atoms with Gasteiger partial charge in [0.15, 0.2) is 0 Å². The number of rotatable bonds is 4. The van der Waals surface area contributed by atoms with Gasteiger partial charge >= 0.3 is 0 Å². The summed E-state index contributed by atoms with van der Waals surface area (Å²) in [7, 11) is 1.58. The quantitative estimate of drug-likeness (QED) is 0.697. The minimum absolute atomic E-state index is 0.00118. The average Bonchev–Trinajstić information content (AvgIpc) is 2.47. The zero-order valence-electron chi connectivity index (χ0n) is 14.4. The Morgan fingerprint density at radius 2 is 2.04 bits per heavy atom. The summed E-state index contributed by atoms with van der Waals surface area (Å²) in [6.45, 7) is 10.1. The standard InChI is InChI=1S/C19H28O4/c1-11(2)14-9-16(20)12(3)6-15(14)19(4)17(21)7-13(10-23-5)8-18(19)22/h6-8,14-17,20-22H,1,9-10H2,2-5H3/t14-,15+,16-,17?,19?/m0/s1. The molecule has 4 nitrogen and oxygen atoms in total. The summed E-state index contributed by atoms with van der Waals surface area (Å²) in [5.74, 6) is 0.0208. The molecular weight excluding hydrogens is 292 g/mol. The maximum atomic E-state index is 10.7. The predicted molar refractivity (Wildman–Crippen MR) is 91.0 cm³/mol. The van der Waals surface area contributed by atoms with E-state index in [-0.39, 0.29) is 17.6 Å². The molecule has 0 aromatic carbocycles. The molecule has 0 saturated heterocycles. The van der Waals surface area contributed by atoms with Crippen molar-refractivity contribution in [3.63, 3.8) is 0 Å². The fourth-order valence-corrected chi connectivity index (χ4v) is 3.71. The van der Waals surface area contributed by atoms with E-state index in [0.717, 1.165) is 16.7 Å². The molecule has 2 rings (SSSR count). The second-order valence-electron chi connectivity index (χ2n) is 7.07. The van der Waals surface area contributed by atoms with Gasteiger partial charge in [-0.05, 0) is 62.3 Å². The van der Waals surface area contributed by atoms with Crippen LogP contribution in [-0.4, -0.2) is 41.2 Å². The van der Waals surface area contributed by atoms with Crippen LogP contribution in [0.2, 0.25) is 0 Å². The highest BCUT2D eigenvalue weighted by molar-refractivity contribution is 5.36. The van der Waals surface area contributed by atoms with Gasteiger partial charge in [0, 0.05) is 7.11 Å². The highest BCUT2D eigenvalue weighted by Gasteiger charge is 2.49. The van der Waals surface area contributed by atoms with Crippen molar-refractivity contribution in [2.45, 2.75) is 39.4 Å². The molecule has 3 N–H and O–H groups in total. The lowest BCUT2D eigenvalue weighted by Gasteiger charge is -2.47. The van der Waals surface area contributed by atoms with Crippen molar-refractivity contribution in [3.8, 4) is 0 Å². The van der Waals surface area contributed by atoms with Gasteiger partial charge in [0.1, 0.15) is 5.76 Å². The number of aliphatic hydroxyl groups is 3. The van der Waals surface area contributed by atoms with Crippen molar-refractivity contribution in [1.29, 1.82) is 0 Å². The van der Waals surface area contributed by atoms with Gasteiger partial charge in [-0.3, -0.25) is 0 Å². The van der Waals surface area contributed by atoms with E-state index in [1.165, 1.54) is 0 Å². The van der Waals surface area contributed by atoms with E-state index in [1.54, 1.807) is 19.3 Å². The van der Waals surface area contributed by atoms with E-state index >= 15 is 0 Å². The van der Waals surface area contributed by atoms with Gasteiger partial charge in [0.05, 0.1) is 24.2 Å². The summed E-state index contributed by atoms with van der Waals surface area (Å²) in [4.78, 5) is 0. The summed E-state index contributed by atoms with van der Waals surface area (Å²) < 4.78 is 5.09. The van der Waals surface area contributed by atoms with Crippen LogP contribution in [-0.2, 0) is 4.74 Å². The number of hydrogen-bond donors (Lipinski definition) is 3. The summed E-state index contributed by atoms with van der Waals surface area (Å²) in [5.41, 5.74) is 1.74. The van der Waals surface area contributed by atoms with E-state index < -0.39 is 17.6 Å². The molecule has 128 valence electrons. The van der Waals surface area contributed by atoms with Crippen LogP contribution in [0.1, 0.15) is 27.2 Å². The predicted octanol–water partition coefficient (Wildman–Crippen LogP) is 2.90. The van der Waals surface area contributed by atoms with Crippen molar-refractivity contribution in [2.75, 3.05) is 13.7 Å². The average molecular weight is 320 g/mol. The molecule has 0 fully saturated rings. The smallest absolute Gasteiger partial charge is 0.102 e. The van der Waals surface area contributed by atoms with Crippen LogP contribution in [0.25, 0.3) is 0 Å². The number of ether oxygens (including phenoxy) is 1. The first-order valence-corrected chi connectivity index (χ1v) is 8.02. The van der Waals surface area contributed by atoms with Gasteiger partial charge < -0.3 is 20.1 Å². The molecular formula is C19H28O4. The summed E-state index contributed by atoms with van der Waals surface area (Å²) >= 11 is 0. The second kappa shape index (κ2) is 6.63.